The minimum absolute atomic E-state index is 0.0310. The van der Waals surface area contributed by atoms with Gasteiger partial charge < -0.3 is 29.7 Å². The van der Waals surface area contributed by atoms with Crippen molar-refractivity contribution in [3.8, 4) is 33.1 Å². The smallest absolute Gasteiger partial charge is 0.358 e. The van der Waals surface area contributed by atoms with Crippen LogP contribution in [0.1, 0.15) is 127 Å². The number of β-amino-alcohol motifs (C(OH)–C–C–N with tert-alkyl or cyclic N) is 1. The summed E-state index contributed by atoms with van der Waals surface area (Å²) in [5.41, 5.74) is 10.8. The molecule has 0 unspecified atom stereocenters. The molecule has 1 saturated heterocycles. The number of thiazole rings is 2. The number of amides is 3. The van der Waals surface area contributed by atoms with Crippen LogP contribution in [-0.4, -0.2) is 94.5 Å². The molecule has 4 aromatic heterocycles. The topological polar surface area (TPSA) is 207 Å². The number of carbonyl (C=O) groups is 4. The van der Waals surface area contributed by atoms with Crippen molar-refractivity contribution in [2.24, 2.45) is 5.41 Å². The van der Waals surface area contributed by atoms with Gasteiger partial charge in [-0.3, -0.25) is 19.7 Å². The van der Waals surface area contributed by atoms with Crippen molar-refractivity contribution in [1.82, 2.24) is 40.2 Å². The number of para-hydroxylation sites is 1. The number of nitrogens with one attached hydrogen (secondary N) is 2. The van der Waals surface area contributed by atoms with Crippen molar-refractivity contribution in [2.45, 2.75) is 124 Å². The van der Waals surface area contributed by atoms with Gasteiger partial charge in [-0.05, 0) is 154 Å². The molecular weight excluding hydrogens is 1120 g/mol. The second-order valence-electron chi connectivity index (χ2n) is 24.3. The van der Waals surface area contributed by atoms with E-state index in [2.05, 4.69) is 41.9 Å². The molecule has 3 N–H and O–H groups in total. The molecule has 1 fully saturated rings. The minimum atomic E-state index is -0.860. The summed E-state index contributed by atoms with van der Waals surface area (Å²) in [6.07, 6.45) is 2.94. The first-order chi connectivity index (χ1) is 41.1. The van der Waals surface area contributed by atoms with E-state index in [9.17, 15) is 24.3 Å². The molecule has 2 aliphatic rings. The maximum Gasteiger partial charge on any atom is 0.358 e. The fourth-order valence-corrected chi connectivity index (χ4v) is 13.0. The summed E-state index contributed by atoms with van der Waals surface area (Å²) in [4.78, 5) is 75.3. The van der Waals surface area contributed by atoms with Crippen molar-refractivity contribution in [1.29, 1.82) is 0 Å². The van der Waals surface area contributed by atoms with E-state index in [1.165, 1.54) is 16.2 Å². The van der Waals surface area contributed by atoms with Gasteiger partial charge in [0.15, 0.2) is 10.8 Å². The number of anilines is 2. The third-order valence-corrected chi connectivity index (χ3v) is 17.7. The molecule has 0 saturated carbocycles. The van der Waals surface area contributed by atoms with Gasteiger partial charge in [0.05, 0.1) is 44.1 Å². The van der Waals surface area contributed by atoms with Gasteiger partial charge in [0, 0.05) is 43.4 Å². The highest BCUT2D eigenvalue weighted by Gasteiger charge is 2.45. The Balaban J connectivity index is 0.744. The number of aryl methyl sites for hydroxylation is 3. The first kappa shape index (κ1) is 59.1. The zero-order valence-corrected chi connectivity index (χ0v) is 51.4. The highest BCUT2D eigenvalue weighted by Crippen LogP contribution is 2.39. The van der Waals surface area contributed by atoms with Crippen LogP contribution < -0.4 is 20.3 Å². The molecule has 0 aliphatic carbocycles. The average molecular weight is 1190 g/mol. The number of hydrogen-bond acceptors (Lipinski definition) is 15. The summed E-state index contributed by atoms with van der Waals surface area (Å²) in [5, 5.41) is 26.5. The Kier molecular flexibility index (Phi) is 16.8. The highest BCUT2D eigenvalue weighted by atomic mass is 32.1. The fraction of sp³-hybridized carbons (Fsp3) is 0.328. The van der Waals surface area contributed by atoms with Crippen LogP contribution in [0.15, 0.2) is 133 Å². The summed E-state index contributed by atoms with van der Waals surface area (Å²) in [6, 6.07) is 37.0. The van der Waals surface area contributed by atoms with Crippen LogP contribution in [0, 0.1) is 19.3 Å². The molecule has 0 spiro atoms. The second kappa shape index (κ2) is 24.4. The maximum absolute atomic E-state index is 14.6. The van der Waals surface area contributed by atoms with Gasteiger partial charge >= 0.3 is 5.97 Å². The summed E-state index contributed by atoms with van der Waals surface area (Å²) in [6.45, 7) is 18.3. The lowest BCUT2D eigenvalue weighted by Crippen LogP contribution is -2.50. The molecule has 442 valence electrons. The van der Waals surface area contributed by atoms with Crippen LogP contribution in [0.3, 0.4) is 0 Å². The average Bonchev–Trinajstić information content (AvgIpc) is 1.73. The largest absolute Gasteiger partial charge is 0.457 e. The molecule has 0 bridgehead atoms. The van der Waals surface area contributed by atoms with Crippen LogP contribution in [0.5, 0.6) is 11.5 Å². The zero-order valence-electron chi connectivity index (χ0n) is 49.8. The van der Waals surface area contributed by atoms with E-state index in [-0.39, 0.29) is 42.4 Å². The maximum atomic E-state index is 14.6. The van der Waals surface area contributed by atoms with E-state index < -0.39 is 35.2 Å². The minimum Gasteiger partial charge on any atom is -0.457 e. The number of likely N-dealkylation sites (tertiary alicyclic amines) is 1. The first-order valence-corrected chi connectivity index (χ1v) is 30.7. The summed E-state index contributed by atoms with van der Waals surface area (Å²) in [7, 11) is 0. The number of aliphatic hydroxyl groups excluding tert-OH is 1. The Morgan fingerprint density at radius 2 is 1.60 bits per heavy atom. The predicted molar refractivity (Wildman–Crippen MR) is 336 cm³/mol. The third kappa shape index (κ3) is 12.9. The predicted octanol–water partition coefficient (Wildman–Crippen LogP) is 12.5. The quantitative estimate of drug-likeness (QED) is 0.0771. The third-order valence-electron chi connectivity index (χ3n) is 15.7. The number of ether oxygens (including phenoxy) is 2. The van der Waals surface area contributed by atoms with Crippen molar-refractivity contribution in [3.63, 3.8) is 0 Å². The number of hydrogen-bond donors (Lipinski definition) is 3. The molecule has 0 radical (unpaired) electrons. The number of esters is 1. The number of pyridine rings is 1. The van der Waals surface area contributed by atoms with Crippen molar-refractivity contribution >= 4 is 67.5 Å². The molecule has 86 heavy (non-hydrogen) atoms. The lowest BCUT2D eigenvalue weighted by atomic mass is 9.85. The zero-order chi connectivity index (χ0) is 60.6. The number of aromatic nitrogens is 6. The van der Waals surface area contributed by atoms with Gasteiger partial charge in [0.2, 0.25) is 11.8 Å². The van der Waals surface area contributed by atoms with Crippen LogP contribution in [0.2, 0.25) is 0 Å². The molecule has 2 aliphatic heterocycles. The Bertz CT molecular complexity index is 3960. The number of aliphatic hydroxyl groups is 1. The summed E-state index contributed by atoms with van der Waals surface area (Å²) in [5.74, 6) is 0.387. The number of nitrogens with zero attached hydrogens (tertiary/aromatic N) is 8. The normalized spacial score (nSPS) is 15.9. The lowest BCUT2D eigenvalue weighted by Gasteiger charge is -2.34. The van der Waals surface area contributed by atoms with Gasteiger partial charge in [-0.25, -0.2) is 24.4 Å². The molecule has 11 rings (SSSR count). The number of fused-ring (bicyclic) bond motifs is 2. The van der Waals surface area contributed by atoms with Crippen LogP contribution in [-0.2, 0) is 40.1 Å². The van der Waals surface area contributed by atoms with E-state index in [4.69, 9.17) is 14.5 Å². The molecule has 5 aromatic carbocycles. The Labute approximate surface area is 508 Å². The van der Waals surface area contributed by atoms with Crippen molar-refractivity contribution in [3.05, 3.63) is 183 Å². The number of rotatable bonds is 16. The summed E-state index contributed by atoms with van der Waals surface area (Å²) < 4.78 is 15.1. The Morgan fingerprint density at radius 3 is 2.34 bits per heavy atom. The first-order valence-electron chi connectivity index (χ1n) is 29.0. The van der Waals surface area contributed by atoms with Crippen molar-refractivity contribution < 1.29 is 33.8 Å². The molecule has 4 atom stereocenters. The van der Waals surface area contributed by atoms with Gasteiger partial charge in [-0.1, -0.05) is 110 Å². The Hall–Kier alpha value is -8.65. The van der Waals surface area contributed by atoms with E-state index in [1.54, 1.807) is 22.2 Å². The van der Waals surface area contributed by atoms with Gasteiger partial charge in [-0.15, -0.1) is 16.4 Å². The van der Waals surface area contributed by atoms with E-state index in [1.807, 2.05) is 183 Å². The molecule has 9 aromatic rings. The Morgan fingerprint density at radius 1 is 0.837 bits per heavy atom. The van der Waals surface area contributed by atoms with Gasteiger partial charge in [0.1, 0.15) is 35.0 Å². The van der Waals surface area contributed by atoms with Crippen LogP contribution in [0.25, 0.3) is 31.8 Å². The monoisotopic (exact) mass is 1190 g/mol. The summed E-state index contributed by atoms with van der Waals surface area (Å²) >= 11 is 3.02. The van der Waals surface area contributed by atoms with Gasteiger partial charge in [-0.2, -0.15) is 0 Å². The van der Waals surface area contributed by atoms with E-state index >= 15 is 0 Å². The second-order valence-corrected chi connectivity index (χ2v) is 26.2. The van der Waals surface area contributed by atoms with Crippen molar-refractivity contribution in [2.75, 3.05) is 23.3 Å². The number of benzene rings is 5. The standard InChI is InChI=1S/C67H70N10O7S2/c1-39-49(50-30-31-57(71-58(50)64(82)84-67(7,8)9)75-33-32-44-14-12-16-51(52(44)37-75)61(79)72-65-70-53-17-10-11-19-56(53)86-65)15-13-18-55(39)83-48-28-21-42(22-29-48)20-27-46-35-77(74-73-46)60(66(4,5)6)63(81)76-36-47(78)34-54(76)62(80)69-40(2)43-23-25-45(26-24-43)59-41(3)68-38-85-59/h10-19,21-26,28-31,35,38,40,47,54,60,78H,20,27,32-34,36-37H2,1-9H3,(H,69,80)(H,70,72,79)/t40-,47+,54-,60+/m0/s1. The molecule has 17 nitrogen and oxygen atoms in total. The SMILES string of the molecule is Cc1ncsc1-c1ccc([C@H](C)NC(=O)[C@@H]2C[C@@H](O)CN2C(=O)[C@@H](n2cc(CCc3ccc(Oc4cccc(-c5ccc(N6CCc7cccc(C(=O)Nc8nc9ccccc9s8)c7C6)nc5C(=O)OC(C)(C)C)c4C)cc3)nn2)C(C)(C)C)cc1. The fourth-order valence-electron chi connectivity index (χ4n) is 11.3. The lowest BCUT2D eigenvalue weighted by molar-refractivity contribution is -0.144. The molecular formula is C67H70N10O7S2. The number of carbonyl (C=O) groups excluding carboxylic acids is 4. The molecule has 3 amide bonds. The highest BCUT2D eigenvalue weighted by molar-refractivity contribution is 7.22. The van der Waals surface area contributed by atoms with E-state index in [0.29, 0.717) is 71.6 Å². The van der Waals surface area contributed by atoms with Gasteiger partial charge in [0.25, 0.3) is 5.91 Å². The molecule has 19 heteroatoms. The van der Waals surface area contributed by atoms with Crippen LogP contribution in [0.4, 0.5) is 10.9 Å². The van der Waals surface area contributed by atoms with E-state index in [0.717, 1.165) is 59.7 Å². The molecule has 6 heterocycles. The van der Waals surface area contributed by atoms with Crippen LogP contribution >= 0.6 is 22.7 Å².